The number of rotatable bonds is 3. The lowest BCUT2D eigenvalue weighted by Crippen LogP contribution is -2.52. The van der Waals surface area contributed by atoms with Crippen LogP contribution in [0.15, 0.2) is 54.6 Å². The molecule has 0 spiro atoms. The van der Waals surface area contributed by atoms with Crippen LogP contribution >= 0.6 is 11.6 Å². The molecule has 1 unspecified atom stereocenters. The molecule has 0 radical (unpaired) electrons. The van der Waals surface area contributed by atoms with Crippen molar-refractivity contribution in [1.82, 2.24) is 14.8 Å². The SMILES string of the molecule is O=C(c1cc(-c2ccc(Cl)cc2)nc2ccccc12)N1CCN(C(=O)C2CCS(=O)(=O)C2)CC1. The molecule has 7 nitrogen and oxygen atoms in total. The topological polar surface area (TPSA) is 87.7 Å². The van der Waals surface area contributed by atoms with Gasteiger partial charge < -0.3 is 9.80 Å². The highest BCUT2D eigenvalue weighted by atomic mass is 35.5. The van der Waals surface area contributed by atoms with Gasteiger partial charge in [-0.25, -0.2) is 13.4 Å². The molecule has 0 saturated carbocycles. The fraction of sp³-hybridized carbons (Fsp3) is 0.320. The molecule has 2 saturated heterocycles. The summed E-state index contributed by atoms with van der Waals surface area (Å²) in [7, 11) is -3.11. The summed E-state index contributed by atoms with van der Waals surface area (Å²) in [5, 5.41) is 1.41. The minimum absolute atomic E-state index is 0.0680. The van der Waals surface area contributed by atoms with Crippen LogP contribution in [-0.4, -0.2) is 72.7 Å². The number of piperazine rings is 1. The molecule has 5 rings (SSSR count). The highest BCUT2D eigenvalue weighted by Gasteiger charge is 2.36. The van der Waals surface area contributed by atoms with Crippen LogP contribution in [0.2, 0.25) is 5.02 Å². The van der Waals surface area contributed by atoms with Gasteiger partial charge in [-0.05, 0) is 30.7 Å². The summed E-state index contributed by atoms with van der Waals surface area (Å²) >= 11 is 6.03. The molecule has 9 heteroatoms. The quantitative estimate of drug-likeness (QED) is 0.554. The number of hydrogen-bond acceptors (Lipinski definition) is 5. The van der Waals surface area contributed by atoms with Crippen LogP contribution in [0, 0.1) is 5.92 Å². The zero-order valence-electron chi connectivity index (χ0n) is 18.5. The Morgan fingerprint density at radius 2 is 1.62 bits per heavy atom. The first-order valence-electron chi connectivity index (χ1n) is 11.2. The lowest BCUT2D eigenvalue weighted by molar-refractivity contribution is -0.136. The second-order valence-corrected chi connectivity index (χ2v) is 11.5. The predicted octanol–water partition coefficient (Wildman–Crippen LogP) is 3.27. The number of nitrogens with zero attached hydrogens (tertiary/aromatic N) is 3. The summed E-state index contributed by atoms with van der Waals surface area (Å²) in [5.41, 5.74) is 2.85. The summed E-state index contributed by atoms with van der Waals surface area (Å²) in [6.45, 7) is 1.59. The van der Waals surface area contributed by atoms with Gasteiger partial charge in [-0.2, -0.15) is 0 Å². The monoisotopic (exact) mass is 497 g/mol. The maximum atomic E-state index is 13.6. The fourth-order valence-electron chi connectivity index (χ4n) is 4.67. The van der Waals surface area contributed by atoms with Gasteiger partial charge in [0.15, 0.2) is 9.84 Å². The molecule has 2 aliphatic rings. The molecule has 3 aromatic rings. The molecule has 2 fully saturated rings. The Morgan fingerprint density at radius 3 is 2.29 bits per heavy atom. The zero-order valence-corrected chi connectivity index (χ0v) is 20.1. The van der Waals surface area contributed by atoms with Gasteiger partial charge in [-0.1, -0.05) is 41.9 Å². The number of halogens is 1. The number of carbonyl (C=O) groups excluding carboxylic acids is 2. The third kappa shape index (κ3) is 4.52. The number of carbonyl (C=O) groups is 2. The second kappa shape index (κ2) is 9.00. The van der Waals surface area contributed by atoms with Crippen LogP contribution in [0.25, 0.3) is 22.2 Å². The molecule has 2 aromatic carbocycles. The maximum Gasteiger partial charge on any atom is 0.254 e. The summed E-state index contributed by atoms with van der Waals surface area (Å²) in [4.78, 5) is 34.5. The molecule has 34 heavy (non-hydrogen) atoms. The van der Waals surface area contributed by atoms with E-state index >= 15 is 0 Å². The Morgan fingerprint density at radius 1 is 0.941 bits per heavy atom. The van der Waals surface area contributed by atoms with Gasteiger partial charge in [0.1, 0.15) is 0 Å². The highest BCUT2D eigenvalue weighted by molar-refractivity contribution is 7.91. The Hall–Kier alpha value is -2.97. The van der Waals surface area contributed by atoms with Crippen LogP contribution in [0.3, 0.4) is 0 Å². The highest BCUT2D eigenvalue weighted by Crippen LogP contribution is 2.27. The van der Waals surface area contributed by atoms with Crippen molar-refractivity contribution in [3.63, 3.8) is 0 Å². The zero-order chi connectivity index (χ0) is 23.9. The number of para-hydroxylation sites is 1. The van der Waals surface area contributed by atoms with Gasteiger partial charge in [0.25, 0.3) is 5.91 Å². The molecule has 3 heterocycles. The molecule has 1 atom stereocenters. The fourth-order valence-corrected chi connectivity index (χ4v) is 6.53. The van der Waals surface area contributed by atoms with Crippen LogP contribution in [0.4, 0.5) is 0 Å². The first kappa shape index (κ1) is 22.8. The van der Waals surface area contributed by atoms with E-state index in [1.807, 2.05) is 42.5 Å². The molecule has 0 bridgehead atoms. The van der Waals surface area contributed by atoms with E-state index in [9.17, 15) is 18.0 Å². The molecule has 1 aromatic heterocycles. The Balaban J connectivity index is 1.36. The average Bonchev–Trinajstić information content (AvgIpc) is 3.22. The summed E-state index contributed by atoms with van der Waals surface area (Å²) in [6, 6.07) is 16.7. The van der Waals surface area contributed by atoms with Crippen molar-refractivity contribution in [2.75, 3.05) is 37.7 Å². The molecular weight excluding hydrogens is 474 g/mol. The third-order valence-electron chi connectivity index (χ3n) is 6.55. The van der Waals surface area contributed by atoms with E-state index < -0.39 is 15.8 Å². The Labute approximate surface area is 203 Å². The van der Waals surface area contributed by atoms with Gasteiger partial charge in [0.05, 0.1) is 34.2 Å². The van der Waals surface area contributed by atoms with Crippen LogP contribution in [0.1, 0.15) is 16.8 Å². The number of fused-ring (bicyclic) bond motifs is 1. The molecule has 0 N–H and O–H groups in total. The second-order valence-electron chi connectivity index (χ2n) is 8.80. The molecule has 2 aliphatic heterocycles. The first-order chi connectivity index (χ1) is 16.3. The van der Waals surface area contributed by atoms with E-state index in [4.69, 9.17) is 16.6 Å². The van der Waals surface area contributed by atoms with Crippen molar-refractivity contribution in [2.24, 2.45) is 5.92 Å². The van der Waals surface area contributed by atoms with Gasteiger partial charge in [0.2, 0.25) is 5.91 Å². The Bertz CT molecular complexity index is 1370. The van der Waals surface area contributed by atoms with Gasteiger partial charge in [0, 0.05) is 42.2 Å². The smallest absolute Gasteiger partial charge is 0.254 e. The third-order valence-corrected chi connectivity index (χ3v) is 8.57. The lowest BCUT2D eigenvalue weighted by atomic mass is 10.0. The van der Waals surface area contributed by atoms with Gasteiger partial charge >= 0.3 is 0 Å². The van der Waals surface area contributed by atoms with Gasteiger partial charge in [-0.15, -0.1) is 0 Å². The van der Waals surface area contributed by atoms with Crippen molar-refractivity contribution in [2.45, 2.75) is 6.42 Å². The normalized spacial score (nSPS) is 20.0. The largest absolute Gasteiger partial charge is 0.339 e. The van der Waals surface area contributed by atoms with E-state index in [-0.39, 0.29) is 23.3 Å². The van der Waals surface area contributed by atoms with Gasteiger partial charge in [-0.3, -0.25) is 9.59 Å². The maximum absolute atomic E-state index is 13.6. The number of aromatic nitrogens is 1. The number of pyridine rings is 1. The van der Waals surface area contributed by atoms with Crippen molar-refractivity contribution in [1.29, 1.82) is 0 Å². The van der Waals surface area contributed by atoms with Crippen molar-refractivity contribution >= 4 is 44.2 Å². The van der Waals surface area contributed by atoms with E-state index in [1.165, 1.54) is 0 Å². The van der Waals surface area contributed by atoms with E-state index in [0.29, 0.717) is 48.9 Å². The van der Waals surface area contributed by atoms with E-state index in [0.717, 1.165) is 16.5 Å². The molecular formula is C25H24ClN3O4S. The predicted molar refractivity (Wildman–Crippen MR) is 131 cm³/mol. The van der Waals surface area contributed by atoms with Crippen LogP contribution in [-0.2, 0) is 14.6 Å². The lowest BCUT2D eigenvalue weighted by Gasteiger charge is -2.36. The summed E-state index contributed by atoms with van der Waals surface area (Å²) in [5.74, 6) is -0.677. The summed E-state index contributed by atoms with van der Waals surface area (Å²) < 4.78 is 23.5. The van der Waals surface area contributed by atoms with Crippen molar-refractivity contribution in [3.8, 4) is 11.3 Å². The number of benzene rings is 2. The van der Waals surface area contributed by atoms with Crippen molar-refractivity contribution < 1.29 is 18.0 Å². The molecule has 2 amide bonds. The average molecular weight is 498 g/mol. The van der Waals surface area contributed by atoms with E-state index in [1.54, 1.807) is 21.9 Å². The minimum atomic E-state index is -3.11. The van der Waals surface area contributed by atoms with Crippen molar-refractivity contribution in [3.05, 3.63) is 65.2 Å². The molecule has 0 aliphatic carbocycles. The van der Waals surface area contributed by atoms with E-state index in [2.05, 4.69) is 0 Å². The van der Waals surface area contributed by atoms with Crippen LogP contribution < -0.4 is 0 Å². The first-order valence-corrected chi connectivity index (χ1v) is 13.4. The molecule has 176 valence electrons. The Kier molecular flexibility index (Phi) is 6.04. The number of hydrogen-bond donors (Lipinski definition) is 0. The summed E-state index contributed by atoms with van der Waals surface area (Å²) in [6.07, 6.45) is 0.386. The number of amides is 2. The van der Waals surface area contributed by atoms with Crippen LogP contribution in [0.5, 0.6) is 0 Å². The standard InChI is InChI=1S/C25H24ClN3O4S/c26-19-7-5-17(6-8-19)23-15-21(20-3-1-2-4-22(20)27-23)25(31)29-12-10-28(11-13-29)24(30)18-9-14-34(32,33)16-18/h1-8,15,18H,9-14,16H2. The minimum Gasteiger partial charge on any atom is -0.339 e. The number of sulfone groups is 1.